The first kappa shape index (κ1) is 14.4. The molecule has 0 radical (unpaired) electrons. The predicted octanol–water partition coefficient (Wildman–Crippen LogP) is 3.01. The van der Waals surface area contributed by atoms with Crippen LogP contribution in [-0.4, -0.2) is 22.4 Å². The Kier molecular flexibility index (Phi) is 5.31. The lowest BCUT2D eigenvalue weighted by atomic mass is 9.98. The number of nitrogens with two attached hydrogens (primary N) is 1. The fourth-order valence-corrected chi connectivity index (χ4v) is 2.48. The maximum atomic E-state index is 10.8. The lowest BCUT2D eigenvalue weighted by Crippen LogP contribution is -2.44. The van der Waals surface area contributed by atoms with Gasteiger partial charge in [-0.05, 0) is 37.7 Å². The molecule has 1 atom stereocenters. The van der Waals surface area contributed by atoms with E-state index in [1.54, 1.807) is 11.8 Å². The van der Waals surface area contributed by atoms with E-state index in [-0.39, 0.29) is 0 Å². The van der Waals surface area contributed by atoms with Gasteiger partial charge in [0, 0.05) is 4.90 Å². The average molecular weight is 274 g/mol. The molecule has 0 amide bonds. The molecule has 0 aliphatic heterocycles. The zero-order chi connectivity index (χ0) is 12.9. The molecular formula is C12H16ClNO2S. The van der Waals surface area contributed by atoms with Crippen LogP contribution in [0.2, 0.25) is 5.02 Å². The maximum absolute atomic E-state index is 10.8. The number of halogens is 1. The van der Waals surface area contributed by atoms with Crippen LogP contribution in [0.25, 0.3) is 0 Å². The minimum absolute atomic E-state index is 0.458. The lowest BCUT2D eigenvalue weighted by Gasteiger charge is -2.18. The molecule has 17 heavy (non-hydrogen) atoms. The van der Waals surface area contributed by atoms with Gasteiger partial charge in [0.1, 0.15) is 5.54 Å². The van der Waals surface area contributed by atoms with Gasteiger partial charge in [-0.1, -0.05) is 23.7 Å². The second-order valence-corrected chi connectivity index (χ2v) is 5.65. The molecule has 3 nitrogen and oxygen atoms in total. The highest BCUT2D eigenvalue weighted by atomic mass is 35.5. The molecule has 0 spiro atoms. The van der Waals surface area contributed by atoms with E-state index in [1.807, 2.05) is 24.3 Å². The number of carboxylic acid groups (broad SMARTS) is 1. The molecule has 0 heterocycles. The zero-order valence-electron chi connectivity index (χ0n) is 9.65. The van der Waals surface area contributed by atoms with Crippen LogP contribution >= 0.6 is 23.4 Å². The Morgan fingerprint density at radius 2 is 2.18 bits per heavy atom. The van der Waals surface area contributed by atoms with Crippen LogP contribution in [0, 0.1) is 0 Å². The van der Waals surface area contributed by atoms with Crippen molar-refractivity contribution >= 4 is 29.3 Å². The summed E-state index contributed by atoms with van der Waals surface area (Å²) in [5.41, 5.74) is 4.50. The van der Waals surface area contributed by atoms with Gasteiger partial charge >= 0.3 is 5.97 Å². The number of benzene rings is 1. The summed E-state index contributed by atoms with van der Waals surface area (Å²) in [6, 6.07) is 7.60. The Morgan fingerprint density at radius 3 is 2.76 bits per heavy atom. The monoisotopic (exact) mass is 273 g/mol. The normalized spacial score (nSPS) is 14.3. The van der Waals surface area contributed by atoms with E-state index in [0.29, 0.717) is 6.42 Å². The molecule has 0 saturated carbocycles. The van der Waals surface area contributed by atoms with Gasteiger partial charge in [-0.2, -0.15) is 0 Å². The van der Waals surface area contributed by atoms with E-state index in [1.165, 1.54) is 6.92 Å². The van der Waals surface area contributed by atoms with Crippen molar-refractivity contribution in [3.05, 3.63) is 29.3 Å². The molecule has 94 valence electrons. The van der Waals surface area contributed by atoms with Crippen molar-refractivity contribution in [1.29, 1.82) is 0 Å². The zero-order valence-corrected chi connectivity index (χ0v) is 11.2. The quantitative estimate of drug-likeness (QED) is 0.618. The Labute approximate surface area is 110 Å². The number of carboxylic acids is 1. The van der Waals surface area contributed by atoms with Crippen LogP contribution < -0.4 is 5.73 Å². The standard InChI is InChI=1S/C12H16ClNO2S/c1-12(14,11(15)16)7-4-8-17-10-6-3-2-5-9(10)13/h2-3,5-6H,4,7-8,14H2,1H3,(H,15,16). The molecule has 5 heteroatoms. The summed E-state index contributed by atoms with van der Waals surface area (Å²) in [7, 11) is 0. The van der Waals surface area contributed by atoms with Crippen molar-refractivity contribution in [2.45, 2.75) is 30.2 Å². The second-order valence-electron chi connectivity index (χ2n) is 4.11. The molecule has 0 aliphatic carbocycles. The van der Waals surface area contributed by atoms with Crippen molar-refractivity contribution in [2.24, 2.45) is 5.73 Å². The van der Waals surface area contributed by atoms with E-state index < -0.39 is 11.5 Å². The molecular weight excluding hydrogens is 258 g/mol. The van der Waals surface area contributed by atoms with E-state index in [2.05, 4.69) is 0 Å². The summed E-state index contributed by atoms with van der Waals surface area (Å²) in [5.74, 6) is -0.149. The van der Waals surface area contributed by atoms with Crippen molar-refractivity contribution < 1.29 is 9.90 Å². The number of carbonyl (C=O) groups is 1. The summed E-state index contributed by atoms with van der Waals surface area (Å²) in [5, 5.41) is 9.58. The lowest BCUT2D eigenvalue weighted by molar-refractivity contribution is -0.142. The smallest absolute Gasteiger partial charge is 0.323 e. The molecule has 0 bridgehead atoms. The van der Waals surface area contributed by atoms with Crippen LogP contribution in [0.1, 0.15) is 19.8 Å². The Bertz CT molecular complexity index is 396. The van der Waals surface area contributed by atoms with Gasteiger partial charge in [-0.3, -0.25) is 4.79 Å². The van der Waals surface area contributed by atoms with Crippen molar-refractivity contribution in [1.82, 2.24) is 0 Å². The van der Waals surface area contributed by atoms with Crippen molar-refractivity contribution in [3.8, 4) is 0 Å². The molecule has 0 fully saturated rings. The number of rotatable bonds is 6. The van der Waals surface area contributed by atoms with Gasteiger partial charge in [0.15, 0.2) is 0 Å². The van der Waals surface area contributed by atoms with Crippen LogP contribution in [0.15, 0.2) is 29.2 Å². The SMILES string of the molecule is CC(N)(CCCSc1ccccc1Cl)C(=O)O. The third kappa shape index (κ3) is 4.58. The molecule has 0 saturated heterocycles. The maximum Gasteiger partial charge on any atom is 0.323 e. The van der Waals surface area contributed by atoms with E-state index in [4.69, 9.17) is 22.4 Å². The van der Waals surface area contributed by atoms with Crippen LogP contribution in [-0.2, 0) is 4.79 Å². The summed E-state index contributed by atoms with van der Waals surface area (Å²) in [6.07, 6.45) is 1.20. The number of aliphatic carboxylic acids is 1. The highest BCUT2D eigenvalue weighted by Gasteiger charge is 2.26. The van der Waals surface area contributed by atoms with Gasteiger partial charge in [-0.15, -0.1) is 11.8 Å². The van der Waals surface area contributed by atoms with Gasteiger partial charge in [0.2, 0.25) is 0 Å². The third-order valence-corrected chi connectivity index (χ3v) is 4.02. The van der Waals surface area contributed by atoms with E-state index in [9.17, 15) is 4.79 Å². The van der Waals surface area contributed by atoms with Crippen LogP contribution in [0.5, 0.6) is 0 Å². The number of hydrogen-bond acceptors (Lipinski definition) is 3. The molecule has 1 aromatic rings. The first-order valence-electron chi connectivity index (χ1n) is 5.33. The molecule has 1 aromatic carbocycles. The minimum atomic E-state index is -1.14. The number of hydrogen-bond donors (Lipinski definition) is 2. The van der Waals surface area contributed by atoms with Gasteiger partial charge < -0.3 is 10.8 Å². The second kappa shape index (κ2) is 6.28. The Balaban J connectivity index is 2.35. The highest BCUT2D eigenvalue weighted by Crippen LogP contribution is 2.27. The Hall–Kier alpha value is -0.710. The summed E-state index contributed by atoms with van der Waals surface area (Å²) in [4.78, 5) is 11.8. The summed E-state index contributed by atoms with van der Waals surface area (Å²) < 4.78 is 0. The minimum Gasteiger partial charge on any atom is -0.480 e. The van der Waals surface area contributed by atoms with E-state index in [0.717, 1.165) is 22.1 Å². The molecule has 0 aliphatic rings. The third-order valence-electron chi connectivity index (χ3n) is 2.42. The van der Waals surface area contributed by atoms with Gasteiger partial charge in [0.25, 0.3) is 0 Å². The fraction of sp³-hybridized carbons (Fsp3) is 0.417. The van der Waals surface area contributed by atoms with Crippen LogP contribution in [0.4, 0.5) is 0 Å². The summed E-state index contributed by atoms with van der Waals surface area (Å²) >= 11 is 7.62. The van der Waals surface area contributed by atoms with Crippen molar-refractivity contribution in [3.63, 3.8) is 0 Å². The first-order chi connectivity index (χ1) is 7.93. The highest BCUT2D eigenvalue weighted by molar-refractivity contribution is 7.99. The van der Waals surface area contributed by atoms with Gasteiger partial charge in [0.05, 0.1) is 5.02 Å². The van der Waals surface area contributed by atoms with Crippen molar-refractivity contribution in [2.75, 3.05) is 5.75 Å². The molecule has 3 N–H and O–H groups in total. The summed E-state index contributed by atoms with van der Waals surface area (Å²) in [6.45, 7) is 1.54. The van der Waals surface area contributed by atoms with E-state index >= 15 is 0 Å². The largest absolute Gasteiger partial charge is 0.480 e. The molecule has 0 aromatic heterocycles. The fourth-order valence-electron chi connectivity index (χ4n) is 1.29. The molecule has 1 unspecified atom stereocenters. The Morgan fingerprint density at radius 1 is 1.53 bits per heavy atom. The topological polar surface area (TPSA) is 63.3 Å². The van der Waals surface area contributed by atoms with Gasteiger partial charge in [-0.25, -0.2) is 0 Å². The average Bonchev–Trinajstić information content (AvgIpc) is 2.26. The molecule has 1 rings (SSSR count). The predicted molar refractivity (Wildman–Crippen MR) is 71.6 cm³/mol. The first-order valence-corrected chi connectivity index (χ1v) is 6.69. The number of thioether (sulfide) groups is 1. The van der Waals surface area contributed by atoms with Crippen LogP contribution in [0.3, 0.4) is 0 Å².